The molecule has 2 nitrogen and oxygen atoms in total. The molecule has 0 fully saturated rings. The zero-order valence-electron chi connectivity index (χ0n) is 13.4. The van der Waals surface area contributed by atoms with Gasteiger partial charge in [-0.1, -0.05) is 52.3 Å². The van der Waals surface area contributed by atoms with E-state index in [0.29, 0.717) is 0 Å². The van der Waals surface area contributed by atoms with Crippen LogP contribution in [0.1, 0.15) is 0 Å². The minimum atomic E-state index is 1.07. The molecule has 0 saturated carbocycles. The van der Waals surface area contributed by atoms with Crippen molar-refractivity contribution in [1.82, 2.24) is 9.97 Å². The largest absolute Gasteiger partial charge is 0.355 e. The molecule has 0 saturated heterocycles. The SMILES string of the molecule is Brc1cc(-c2cc3ccccc3[nH]2)cc(-c2cc3ccccc3[nH]2)c1. The van der Waals surface area contributed by atoms with Gasteiger partial charge in [0.2, 0.25) is 0 Å². The molecule has 2 N–H and O–H groups in total. The molecule has 0 spiro atoms. The second-order valence-corrected chi connectivity index (χ2v) is 7.18. The number of rotatable bonds is 2. The van der Waals surface area contributed by atoms with Crippen LogP contribution in [0.4, 0.5) is 0 Å². The highest BCUT2D eigenvalue weighted by Crippen LogP contribution is 2.32. The van der Waals surface area contributed by atoms with Gasteiger partial charge in [-0.25, -0.2) is 0 Å². The van der Waals surface area contributed by atoms with Gasteiger partial charge in [0.15, 0.2) is 0 Å². The molecule has 5 rings (SSSR count). The van der Waals surface area contributed by atoms with Gasteiger partial charge >= 0.3 is 0 Å². The molecule has 2 heterocycles. The molecule has 3 aromatic carbocycles. The Labute approximate surface area is 153 Å². The summed E-state index contributed by atoms with van der Waals surface area (Å²) < 4.78 is 1.07. The number of aromatic amines is 2. The van der Waals surface area contributed by atoms with E-state index in [2.05, 4.69) is 105 Å². The lowest BCUT2D eigenvalue weighted by molar-refractivity contribution is 1.42. The average molecular weight is 387 g/mol. The number of halogens is 1. The lowest BCUT2D eigenvalue weighted by atomic mass is 10.1. The molecule has 0 amide bonds. The maximum Gasteiger partial charge on any atom is 0.0465 e. The van der Waals surface area contributed by atoms with Crippen LogP contribution in [0.3, 0.4) is 0 Å². The Bertz CT molecular complexity index is 1050. The number of aromatic nitrogens is 2. The molecule has 0 aliphatic carbocycles. The van der Waals surface area contributed by atoms with Crippen LogP contribution in [0.5, 0.6) is 0 Å². The molecule has 5 aromatic rings. The van der Waals surface area contributed by atoms with Crippen LogP contribution in [0.2, 0.25) is 0 Å². The Balaban J connectivity index is 1.66. The summed E-state index contributed by atoms with van der Waals surface area (Å²) in [6.45, 7) is 0. The summed E-state index contributed by atoms with van der Waals surface area (Å²) in [5, 5.41) is 2.45. The van der Waals surface area contributed by atoms with Crippen molar-refractivity contribution >= 4 is 37.7 Å². The molecular weight excluding hydrogens is 372 g/mol. The molecule has 0 radical (unpaired) electrons. The number of benzene rings is 3. The third-order valence-corrected chi connectivity index (χ3v) is 5.04. The monoisotopic (exact) mass is 386 g/mol. The van der Waals surface area contributed by atoms with Crippen LogP contribution in [0.25, 0.3) is 44.3 Å². The Morgan fingerprint density at radius 3 is 1.52 bits per heavy atom. The normalized spacial score (nSPS) is 11.4. The predicted octanol–water partition coefficient (Wildman–Crippen LogP) is 6.75. The van der Waals surface area contributed by atoms with Crippen LogP contribution in [-0.4, -0.2) is 9.97 Å². The maximum absolute atomic E-state index is 3.67. The average Bonchev–Trinajstić information content (AvgIpc) is 3.25. The number of para-hydroxylation sites is 2. The lowest BCUT2D eigenvalue weighted by Gasteiger charge is -2.05. The summed E-state index contributed by atoms with van der Waals surface area (Å²) in [5.41, 5.74) is 6.90. The van der Waals surface area contributed by atoms with Gasteiger partial charge in [0, 0.05) is 37.7 Å². The van der Waals surface area contributed by atoms with Crippen molar-refractivity contribution in [2.45, 2.75) is 0 Å². The van der Waals surface area contributed by atoms with E-state index < -0.39 is 0 Å². The molecular formula is C22H15BrN2. The van der Waals surface area contributed by atoms with Gasteiger partial charge in [-0.15, -0.1) is 0 Å². The molecule has 0 aliphatic heterocycles. The molecule has 0 unspecified atom stereocenters. The fourth-order valence-corrected chi connectivity index (χ4v) is 3.85. The highest BCUT2D eigenvalue weighted by Gasteiger charge is 2.09. The molecule has 25 heavy (non-hydrogen) atoms. The van der Waals surface area contributed by atoms with Gasteiger partial charge in [0.25, 0.3) is 0 Å². The Morgan fingerprint density at radius 1 is 0.560 bits per heavy atom. The van der Waals surface area contributed by atoms with Crippen molar-refractivity contribution < 1.29 is 0 Å². The van der Waals surface area contributed by atoms with Crippen LogP contribution in [-0.2, 0) is 0 Å². The molecule has 0 atom stereocenters. The summed E-state index contributed by atoms with van der Waals surface area (Å²) in [7, 11) is 0. The van der Waals surface area contributed by atoms with Crippen molar-refractivity contribution in [3.8, 4) is 22.5 Å². The topological polar surface area (TPSA) is 31.6 Å². The number of nitrogens with one attached hydrogen (secondary N) is 2. The summed E-state index contributed by atoms with van der Waals surface area (Å²) in [6, 6.07) is 27.6. The van der Waals surface area contributed by atoms with Gasteiger partial charge in [-0.05, 0) is 53.6 Å². The van der Waals surface area contributed by atoms with Crippen molar-refractivity contribution in [2.75, 3.05) is 0 Å². The first-order chi connectivity index (χ1) is 12.3. The van der Waals surface area contributed by atoms with E-state index in [-0.39, 0.29) is 0 Å². The first-order valence-corrected chi connectivity index (χ1v) is 9.02. The minimum absolute atomic E-state index is 1.07. The molecule has 0 aliphatic rings. The lowest BCUT2D eigenvalue weighted by Crippen LogP contribution is -1.83. The van der Waals surface area contributed by atoms with E-state index in [9.17, 15) is 0 Å². The smallest absolute Gasteiger partial charge is 0.0465 e. The van der Waals surface area contributed by atoms with Crippen LogP contribution in [0, 0.1) is 0 Å². The summed E-state index contributed by atoms with van der Waals surface area (Å²) in [6.07, 6.45) is 0. The van der Waals surface area contributed by atoms with E-state index >= 15 is 0 Å². The Hall–Kier alpha value is -2.78. The predicted molar refractivity (Wildman–Crippen MR) is 109 cm³/mol. The number of hydrogen-bond donors (Lipinski definition) is 2. The third-order valence-electron chi connectivity index (χ3n) is 4.58. The van der Waals surface area contributed by atoms with Crippen molar-refractivity contribution in [2.24, 2.45) is 0 Å². The summed E-state index contributed by atoms with van der Waals surface area (Å²) in [5.74, 6) is 0. The van der Waals surface area contributed by atoms with Gasteiger partial charge in [-0.3, -0.25) is 0 Å². The highest BCUT2D eigenvalue weighted by molar-refractivity contribution is 9.10. The standard InChI is InChI=1S/C22H15BrN2/c23-18-10-16(21-12-14-5-1-3-7-19(14)24-21)9-17(11-18)22-13-15-6-2-4-8-20(15)25-22/h1-13,24-25H. The van der Waals surface area contributed by atoms with Gasteiger partial charge in [0.05, 0.1) is 0 Å². The zero-order chi connectivity index (χ0) is 16.8. The fraction of sp³-hybridized carbons (Fsp3) is 0. The zero-order valence-corrected chi connectivity index (χ0v) is 15.0. The van der Waals surface area contributed by atoms with E-state index in [1.54, 1.807) is 0 Å². The quantitative estimate of drug-likeness (QED) is 0.336. The van der Waals surface area contributed by atoms with Crippen molar-refractivity contribution in [1.29, 1.82) is 0 Å². The van der Waals surface area contributed by atoms with Crippen molar-refractivity contribution in [3.05, 3.63) is 83.3 Å². The van der Waals surface area contributed by atoms with E-state index in [1.807, 2.05) is 0 Å². The summed E-state index contributed by atoms with van der Waals surface area (Å²) >= 11 is 3.67. The number of fused-ring (bicyclic) bond motifs is 2. The van der Waals surface area contributed by atoms with E-state index in [0.717, 1.165) is 26.9 Å². The Morgan fingerprint density at radius 2 is 1.04 bits per heavy atom. The maximum atomic E-state index is 3.67. The van der Waals surface area contributed by atoms with E-state index in [4.69, 9.17) is 0 Å². The second kappa shape index (κ2) is 5.64. The second-order valence-electron chi connectivity index (χ2n) is 6.27. The van der Waals surface area contributed by atoms with Crippen LogP contribution >= 0.6 is 15.9 Å². The molecule has 3 heteroatoms. The van der Waals surface area contributed by atoms with Gasteiger partial charge in [0.1, 0.15) is 0 Å². The fourth-order valence-electron chi connectivity index (χ4n) is 3.36. The molecule has 2 aromatic heterocycles. The first kappa shape index (κ1) is 14.6. The van der Waals surface area contributed by atoms with Crippen LogP contribution in [0.15, 0.2) is 83.3 Å². The van der Waals surface area contributed by atoms with E-state index in [1.165, 1.54) is 21.9 Å². The number of H-pyrrole nitrogens is 2. The van der Waals surface area contributed by atoms with Crippen LogP contribution < -0.4 is 0 Å². The van der Waals surface area contributed by atoms with Gasteiger partial charge in [-0.2, -0.15) is 0 Å². The highest BCUT2D eigenvalue weighted by atomic mass is 79.9. The Kier molecular flexibility index (Phi) is 3.28. The first-order valence-electron chi connectivity index (χ1n) is 8.23. The number of hydrogen-bond acceptors (Lipinski definition) is 0. The summed E-state index contributed by atoms with van der Waals surface area (Å²) in [4.78, 5) is 7.03. The molecule has 120 valence electrons. The van der Waals surface area contributed by atoms with Gasteiger partial charge < -0.3 is 9.97 Å². The molecule has 0 bridgehead atoms. The minimum Gasteiger partial charge on any atom is -0.355 e. The van der Waals surface area contributed by atoms with Crippen molar-refractivity contribution in [3.63, 3.8) is 0 Å². The third kappa shape index (κ3) is 2.57.